The number of carbonyl (C=O) groups excluding carboxylic acids is 1. The minimum absolute atomic E-state index is 0. The molecular weight excluding hydrogens is 326 g/mol. The van der Waals surface area contributed by atoms with Crippen LogP contribution >= 0.6 is 12.4 Å². The molecule has 1 saturated carbocycles. The molecule has 0 aliphatic heterocycles. The number of anilines is 1. The van der Waals surface area contributed by atoms with Crippen molar-refractivity contribution in [2.45, 2.75) is 31.1 Å². The third-order valence-electron chi connectivity index (χ3n) is 3.85. The van der Waals surface area contributed by atoms with Gasteiger partial charge in [-0.25, -0.2) is 13.1 Å². The minimum Gasteiger partial charge on any atom is -0.329 e. The Kier molecular flexibility index (Phi) is 6.37. The van der Waals surface area contributed by atoms with Crippen molar-refractivity contribution < 1.29 is 13.2 Å². The topological polar surface area (TPSA) is 101 Å². The van der Waals surface area contributed by atoms with Crippen LogP contribution in [0.25, 0.3) is 0 Å². The first-order valence-corrected chi connectivity index (χ1v) is 8.53. The molecule has 0 radical (unpaired) electrons. The van der Waals surface area contributed by atoms with Gasteiger partial charge in [0.15, 0.2) is 0 Å². The van der Waals surface area contributed by atoms with Crippen molar-refractivity contribution in [1.82, 2.24) is 4.72 Å². The van der Waals surface area contributed by atoms with E-state index >= 15 is 0 Å². The number of carbonyl (C=O) groups is 1. The zero-order valence-electron chi connectivity index (χ0n) is 12.5. The maximum absolute atomic E-state index is 12.2. The number of amides is 1. The Morgan fingerprint density at radius 2 is 2.05 bits per heavy atom. The molecule has 124 valence electrons. The number of halogens is 1. The molecule has 0 bridgehead atoms. The molecule has 1 aliphatic carbocycles. The molecule has 0 heterocycles. The Labute approximate surface area is 137 Å². The van der Waals surface area contributed by atoms with Crippen molar-refractivity contribution in [3.05, 3.63) is 24.3 Å². The molecule has 1 amide bonds. The molecule has 8 heteroatoms. The van der Waals surface area contributed by atoms with E-state index in [1.54, 1.807) is 12.1 Å². The van der Waals surface area contributed by atoms with Gasteiger partial charge < -0.3 is 11.1 Å². The van der Waals surface area contributed by atoms with Crippen LogP contribution in [0.15, 0.2) is 29.2 Å². The number of nitrogens with one attached hydrogen (secondary N) is 2. The summed E-state index contributed by atoms with van der Waals surface area (Å²) in [4.78, 5) is 12.3. The second-order valence-corrected chi connectivity index (χ2v) is 7.07. The fraction of sp³-hybridized carbons (Fsp3) is 0.500. The maximum Gasteiger partial charge on any atom is 0.240 e. The molecule has 1 aliphatic rings. The SMILES string of the molecule is CCC1(C(=O)Nc2cccc(S(=O)(=O)NCCN)c2)CC1.Cl. The van der Waals surface area contributed by atoms with Crippen LogP contribution in [0.5, 0.6) is 0 Å². The van der Waals surface area contributed by atoms with Crippen LogP contribution in [0.2, 0.25) is 0 Å². The summed E-state index contributed by atoms with van der Waals surface area (Å²) in [5.41, 5.74) is 5.53. The third kappa shape index (κ3) is 4.19. The van der Waals surface area contributed by atoms with Crippen molar-refractivity contribution >= 4 is 34.0 Å². The maximum atomic E-state index is 12.2. The Balaban J connectivity index is 0.00000242. The monoisotopic (exact) mass is 347 g/mol. The first-order chi connectivity index (χ1) is 9.93. The highest BCUT2D eigenvalue weighted by Crippen LogP contribution is 2.49. The van der Waals surface area contributed by atoms with Crippen molar-refractivity contribution in [3.8, 4) is 0 Å². The number of hydrogen-bond acceptors (Lipinski definition) is 4. The van der Waals surface area contributed by atoms with E-state index in [0.717, 1.165) is 19.3 Å². The van der Waals surface area contributed by atoms with E-state index in [0.29, 0.717) is 5.69 Å². The normalized spacial score (nSPS) is 15.7. The van der Waals surface area contributed by atoms with Gasteiger partial charge >= 0.3 is 0 Å². The number of benzene rings is 1. The van der Waals surface area contributed by atoms with Gasteiger partial charge in [-0.15, -0.1) is 12.4 Å². The highest BCUT2D eigenvalue weighted by atomic mass is 35.5. The fourth-order valence-corrected chi connectivity index (χ4v) is 3.27. The molecule has 1 fully saturated rings. The zero-order chi connectivity index (χ0) is 15.5. The average Bonchev–Trinajstić information content (AvgIpc) is 3.26. The van der Waals surface area contributed by atoms with Gasteiger partial charge in [0.25, 0.3) is 0 Å². The smallest absolute Gasteiger partial charge is 0.240 e. The summed E-state index contributed by atoms with van der Waals surface area (Å²) in [6.45, 7) is 2.40. The van der Waals surface area contributed by atoms with Crippen LogP contribution in [0.3, 0.4) is 0 Å². The minimum atomic E-state index is -3.59. The molecule has 0 spiro atoms. The van der Waals surface area contributed by atoms with Gasteiger partial charge in [-0.3, -0.25) is 4.79 Å². The second-order valence-electron chi connectivity index (χ2n) is 5.30. The second kappa shape index (κ2) is 7.41. The average molecular weight is 348 g/mol. The van der Waals surface area contributed by atoms with Crippen LogP contribution in [0, 0.1) is 5.41 Å². The molecule has 1 aromatic carbocycles. The summed E-state index contributed by atoms with van der Waals surface area (Å²) in [7, 11) is -3.59. The van der Waals surface area contributed by atoms with Crippen molar-refractivity contribution in [1.29, 1.82) is 0 Å². The van der Waals surface area contributed by atoms with Gasteiger partial charge in [-0.2, -0.15) is 0 Å². The standard InChI is InChI=1S/C14H21N3O3S.ClH/c1-2-14(6-7-14)13(18)17-11-4-3-5-12(10-11)21(19,20)16-9-8-15;/h3-5,10,16H,2,6-9,15H2,1H3,(H,17,18);1H. The Hall–Kier alpha value is -1.15. The van der Waals surface area contributed by atoms with Crippen LogP contribution in [0.4, 0.5) is 5.69 Å². The number of nitrogens with two attached hydrogens (primary N) is 1. The van der Waals surface area contributed by atoms with Gasteiger partial charge in [-0.1, -0.05) is 13.0 Å². The summed E-state index contributed by atoms with van der Waals surface area (Å²) < 4.78 is 26.4. The molecule has 1 aromatic rings. The lowest BCUT2D eigenvalue weighted by molar-refractivity contribution is -0.121. The van der Waals surface area contributed by atoms with E-state index < -0.39 is 10.0 Å². The quantitative estimate of drug-likeness (QED) is 0.695. The zero-order valence-corrected chi connectivity index (χ0v) is 14.1. The van der Waals surface area contributed by atoms with Gasteiger partial charge in [0.05, 0.1) is 4.90 Å². The van der Waals surface area contributed by atoms with Crippen LogP contribution in [-0.4, -0.2) is 27.4 Å². The molecule has 4 N–H and O–H groups in total. The van der Waals surface area contributed by atoms with E-state index in [1.807, 2.05) is 6.92 Å². The number of sulfonamides is 1. The molecule has 0 atom stereocenters. The van der Waals surface area contributed by atoms with Crippen molar-refractivity contribution in [2.75, 3.05) is 18.4 Å². The molecule has 0 saturated heterocycles. The van der Waals surface area contributed by atoms with E-state index in [2.05, 4.69) is 10.0 Å². The summed E-state index contributed by atoms with van der Waals surface area (Å²) in [6.07, 6.45) is 2.59. The lowest BCUT2D eigenvalue weighted by atomic mass is 10.0. The molecule has 6 nitrogen and oxygen atoms in total. The van der Waals surface area contributed by atoms with Gasteiger partial charge in [-0.05, 0) is 37.5 Å². The molecule has 2 rings (SSSR count). The predicted octanol–water partition coefficient (Wildman–Crippen LogP) is 1.47. The predicted molar refractivity (Wildman–Crippen MR) is 88.5 cm³/mol. The summed E-state index contributed by atoms with van der Waals surface area (Å²) in [6, 6.07) is 6.24. The molecular formula is C14H22ClN3O3S. The molecule has 0 aromatic heterocycles. The first kappa shape index (κ1) is 18.9. The van der Waals surface area contributed by atoms with Gasteiger partial charge in [0.2, 0.25) is 15.9 Å². The highest BCUT2D eigenvalue weighted by Gasteiger charge is 2.47. The van der Waals surface area contributed by atoms with Crippen molar-refractivity contribution in [2.24, 2.45) is 11.1 Å². The van der Waals surface area contributed by atoms with E-state index in [1.165, 1.54) is 12.1 Å². The van der Waals surface area contributed by atoms with Crippen LogP contribution < -0.4 is 15.8 Å². The third-order valence-corrected chi connectivity index (χ3v) is 5.31. The summed E-state index contributed by atoms with van der Waals surface area (Å²) >= 11 is 0. The lowest BCUT2D eigenvalue weighted by Crippen LogP contribution is -2.29. The number of rotatable bonds is 7. The highest BCUT2D eigenvalue weighted by molar-refractivity contribution is 7.89. The fourth-order valence-electron chi connectivity index (χ4n) is 2.17. The van der Waals surface area contributed by atoms with E-state index in [4.69, 9.17) is 5.73 Å². The van der Waals surface area contributed by atoms with Crippen molar-refractivity contribution in [3.63, 3.8) is 0 Å². The van der Waals surface area contributed by atoms with Gasteiger partial charge in [0, 0.05) is 24.2 Å². The summed E-state index contributed by atoms with van der Waals surface area (Å²) in [5.74, 6) is -0.0329. The van der Waals surface area contributed by atoms with E-state index in [-0.39, 0.29) is 41.7 Å². The first-order valence-electron chi connectivity index (χ1n) is 7.05. The van der Waals surface area contributed by atoms with Crippen LogP contribution in [0.1, 0.15) is 26.2 Å². The van der Waals surface area contributed by atoms with E-state index in [9.17, 15) is 13.2 Å². The lowest BCUT2D eigenvalue weighted by Gasteiger charge is -2.13. The Morgan fingerprint density at radius 3 is 2.59 bits per heavy atom. The molecule has 0 unspecified atom stereocenters. The van der Waals surface area contributed by atoms with Gasteiger partial charge in [0.1, 0.15) is 0 Å². The van der Waals surface area contributed by atoms with Crippen LogP contribution in [-0.2, 0) is 14.8 Å². The number of hydrogen-bond donors (Lipinski definition) is 3. The molecule has 22 heavy (non-hydrogen) atoms. The Bertz CT molecular complexity index is 630. The Morgan fingerprint density at radius 1 is 1.36 bits per heavy atom. The summed E-state index contributed by atoms with van der Waals surface area (Å²) in [5, 5.41) is 2.81. The largest absolute Gasteiger partial charge is 0.329 e.